The number of hydrogen-bond acceptors (Lipinski definition) is 10. The molecule has 1 atom stereocenters. The molecule has 3 aromatic rings. The summed E-state index contributed by atoms with van der Waals surface area (Å²) in [6, 6.07) is 7.91. The van der Waals surface area contributed by atoms with Crippen molar-refractivity contribution in [3.05, 3.63) is 68.0 Å². The Balaban J connectivity index is 1.60. The third-order valence-electron chi connectivity index (χ3n) is 6.27. The molecule has 2 aliphatic rings. The maximum Gasteiger partial charge on any atom is 0.209 e. The summed E-state index contributed by atoms with van der Waals surface area (Å²) in [5.74, 6) is 0.422. The van der Waals surface area contributed by atoms with E-state index >= 15 is 0 Å². The minimum absolute atomic E-state index is 0.0194. The number of pyridine rings is 1. The van der Waals surface area contributed by atoms with Gasteiger partial charge in [0.25, 0.3) is 0 Å². The van der Waals surface area contributed by atoms with Crippen molar-refractivity contribution in [2.24, 2.45) is 18.2 Å². The number of aromatic nitrogens is 5. The number of ketones is 1. The van der Waals surface area contributed by atoms with Crippen molar-refractivity contribution < 1.29 is 4.79 Å². The van der Waals surface area contributed by atoms with Gasteiger partial charge in [0.1, 0.15) is 5.82 Å². The highest BCUT2D eigenvalue weighted by molar-refractivity contribution is 7.98. The molecule has 0 amide bonds. The van der Waals surface area contributed by atoms with E-state index in [0.717, 1.165) is 16.1 Å². The van der Waals surface area contributed by atoms with E-state index in [0.29, 0.717) is 40.6 Å². The largest absolute Gasteiger partial charge is 0.384 e. The fourth-order valence-electron chi connectivity index (χ4n) is 4.73. The molecule has 0 spiro atoms. The highest BCUT2D eigenvalue weighted by Gasteiger charge is 2.45. The molecule has 0 aromatic carbocycles. The molecular weight excluding hydrogens is 516 g/mol. The zero-order chi connectivity index (χ0) is 25.6. The second kappa shape index (κ2) is 9.35. The van der Waals surface area contributed by atoms with Crippen LogP contribution in [-0.2, 0) is 17.6 Å². The number of thiophene rings is 1. The summed E-state index contributed by atoms with van der Waals surface area (Å²) in [5, 5.41) is 24.8. The molecule has 4 heterocycles. The lowest BCUT2D eigenvalue weighted by Crippen LogP contribution is -2.42. The topological polar surface area (TPSA) is 127 Å². The number of rotatable bonds is 5. The number of allylic oxidation sites excluding steroid dienone is 3. The fourth-order valence-corrected chi connectivity index (χ4v) is 6.85. The van der Waals surface area contributed by atoms with Crippen LogP contribution in [0.2, 0.25) is 5.15 Å². The zero-order valence-electron chi connectivity index (χ0n) is 19.9. The third-order valence-corrected chi connectivity index (χ3v) is 8.69. The second-order valence-corrected chi connectivity index (χ2v) is 11.8. The Labute approximate surface area is 221 Å². The Kier molecular flexibility index (Phi) is 6.36. The zero-order valence-corrected chi connectivity index (χ0v) is 22.3. The van der Waals surface area contributed by atoms with Gasteiger partial charge < -0.3 is 5.73 Å². The molecule has 0 bridgehead atoms. The van der Waals surface area contributed by atoms with Crippen LogP contribution in [0.5, 0.6) is 0 Å². The van der Waals surface area contributed by atoms with Crippen molar-refractivity contribution in [2.45, 2.75) is 43.5 Å². The first-order chi connectivity index (χ1) is 17.2. The fraction of sp³-hybridized carbons (Fsp3) is 0.333. The first-order valence-corrected chi connectivity index (χ1v) is 13.4. The lowest BCUT2D eigenvalue weighted by Gasteiger charge is -2.43. The van der Waals surface area contributed by atoms with Gasteiger partial charge in [-0.05, 0) is 51.4 Å². The van der Waals surface area contributed by atoms with Gasteiger partial charge in [-0.25, -0.2) is 9.67 Å². The molecule has 184 valence electrons. The maximum atomic E-state index is 13.7. The van der Waals surface area contributed by atoms with Gasteiger partial charge in [0.2, 0.25) is 5.16 Å². The SMILES string of the molecule is Cn1nnnc1SCc1csc([C@@H]2C(C#N)=C(N)N(c3cccnc3Cl)C3=C2C(=O)CC(C)(C)C3)c1. The number of carbonyl (C=O) groups is 1. The van der Waals surface area contributed by atoms with Gasteiger partial charge in [-0.3, -0.25) is 9.69 Å². The molecule has 0 saturated heterocycles. The van der Waals surface area contributed by atoms with Crippen LogP contribution in [0.4, 0.5) is 5.69 Å². The minimum atomic E-state index is -0.527. The monoisotopic (exact) mass is 538 g/mol. The molecule has 5 rings (SSSR count). The number of nitrogens with zero attached hydrogens (tertiary/aromatic N) is 7. The molecule has 1 aliphatic heterocycles. The molecule has 36 heavy (non-hydrogen) atoms. The highest BCUT2D eigenvalue weighted by Crippen LogP contribution is 2.51. The summed E-state index contributed by atoms with van der Waals surface area (Å²) in [6.45, 7) is 4.13. The van der Waals surface area contributed by atoms with Crippen molar-refractivity contribution >= 4 is 46.2 Å². The first-order valence-electron chi connectivity index (χ1n) is 11.2. The van der Waals surface area contributed by atoms with Crippen molar-refractivity contribution in [3.8, 4) is 6.07 Å². The average Bonchev–Trinajstić information content (AvgIpc) is 3.45. The number of nitriles is 1. The molecule has 2 N–H and O–H groups in total. The molecular formula is C24H23ClN8OS2. The molecule has 9 nitrogen and oxygen atoms in total. The Morgan fingerprint density at radius 3 is 2.89 bits per heavy atom. The van der Waals surface area contributed by atoms with Crippen molar-refractivity contribution in [1.29, 1.82) is 5.26 Å². The molecule has 0 radical (unpaired) electrons. The maximum absolute atomic E-state index is 13.7. The molecule has 0 fully saturated rings. The summed E-state index contributed by atoms with van der Waals surface area (Å²) in [7, 11) is 1.79. The minimum Gasteiger partial charge on any atom is -0.384 e. The van der Waals surface area contributed by atoms with Crippen LogP contribution in [0.3, 0.4) is 0 Å². The highest BCUT2D eigenvalue weighted by atomic mass is 35.5. The van der Waals surface area contributed by atoms with Crippen molar-refractivity contribution in [1.82, 2.24) is 25.2 Å². The standard InChI is InChI=1S/C24H23ClN8OS2/c1-24(2)8-16-20(17(34)9-24)19(14(10-26)22(27)33(16)15-5-4-6-28-21(15)25)18-7-13(11-35-18)12-36-23-29-30-31-32(23)3/h4-7,11,19H,8-9,12,27H2,1-3H3/t19-/m0/s1. The van der Waals surface area contributed by atoms with Crippen molar-refractivity contribution in [3.63, 3.8) is 0 Å². The summed E-state index contributed by atoms with van der Waals surface area (Å²) in [5.41, 5.74) is 9.75. The number of Topliss-reactive ketones (excluding diaryl/α,β-unsaturated/α-hetero) is 1. The van der Waals surface area contributed by atoms with Crippen LogP contribution in [0.15, 0.2) is 57.6 Å². The van der Waals surface area contributed by atoms with E-state index in [1.54, 1.807) is 35.0 Å². The van der Waals surface area contributed by atoms with Crippen LogP contribution in [0.25, 0.3) is 0 Å². The quantitative estimate of drug-likeness (QED) is 0.367. The summed E-state index contributed by atoms with van der Waals surface area (Å²) >= 11 is 9.50. The summed E-state index contributed by atoms with van der Waals surface area (Å²) in [4.78, 5) is 20.5. The van der Waals surface area contributed by atoms with Gasteiger partial charge in [-0.15, -0.1) is 16.4 Å². The molecule has 1 aliphatic carbocycles. The molecule has 0 saturated carbocycles. The first kappa shape index (κ1) is 24.5. The normalized spacial score (nSPS) is 19.5. The van der Waals surface area contributed by atoms with Gasteiger partial charge in [-0.1, -0.05) is 37.2 Å². The number of aryl methyl sites for hydroxylation is 1. The summed E-state index contributed by atoms with van der Waals surface area (Å²) < 4.78 is 1.62. The van der Waals surface area contributed by atoms with Crippen LogP contribution in [0, 0.1) is 16.7 Å². The van der Waals surface area contributed by atoms with E-state index < -0.39 is 5.92 Å². The average molecular weight is 539 g/mol. The Bertz CT molecular complexity index is 1460. The molecule has 0 unspecified atom stereocenters. The van der Waals surface area contributed by atoms with Gasteiger partial charge in [0.15, 0.2) is 10.9 Å². The van der Waals surface area contributed by atoms with Crippen LogP contribution >= 0.6 is 34.7 Å². The van der Waals surface area contributed by atoms with E-state index in [-0.39, 0.29) is 22.2 Å². The summed E-state index contributed by atoms with van der Waals surface area (Å²) in [6.07, 6.45) is 2.60. The number of halogens is 1. The number of nitrogens with two attached hydrogens (primary N) is 1. The van der Waals surface area contributed by atoms with Crippen LogP contribution in [0.1, 0.15) is 43.0 Å². The van der Waals surface area contributed by atoms with Crippen LogP contribution < -0.4 is 10.6 Å². The number of thioether (sulfide) groups is 1. The third kappa shape index (κ3) is 4.30. The van der Waals surface area contributed by atoms with Gasteiger partial charge in [0.05, 0.1) is 23.2 Å². The Morgan fingerprint density at radius 1 is 1.39 bits per heavy atom. The van der Waals surface area contributed by atoms with E-state index in [9.17, 15) is 10.1 Å². The number of anilines is 1. The van der Waals surface area contributed by atoms with E-state index in [4.69, 9.17) is 17.3 Å². The van der Waals surface area contributed by atoms with Crippen molar-refractivity contribution in [2.75, 3.05) is 4.90 Å². The van der Waals surface area contributed by atoms with Gasteiger partial charge in [-0.2, -0.15) is 5.26 Å². The van der Waals surface area contributed by atoms with E-state index in [1.165, 1.54) is 23.1 Å². The predicted octanol–water partition coefficient (Wildman–Crippen LogP) is 4.55. The lowest BCUT2D eigenvalue weighted by atomic mass is 9.69. The van der Waals surface area contributed by atoms with Gasteiger partial charge >= 0.3 is 0 Å². The lowest BCUT2D eigenvalue weighted by molar-refractivity contribution is -0.118. The number of carbonyl (C=O) groups excluding carboxylic acids is 1. The van der Waals surface area contributed by atoms with Gasteiger partial charge in [0, 0.05) is 41.6 Å². The second-order valence-electron chi connectivity index (χ2n) is 9.52. The van der Waals surface area contributed by atoms with Crippen LogP contribution in [-0.4, -0.2) is 31.0 Å². The number of hydrogen-bond donors (Lipinski definition) is 1. The molecule has 3 aromatic heterocycles. The Hall–Kier alpha value is -3.20. The molecule has 12 heteroatoms. The van der Waals surface area contributed by atoms with E-state index in [1.807, 2.05) is 11.4 Å². The Morgan fingerprint density at radius 2 is 2.19 bits per heavy atom. The van der Waals surface area contributed by atoms with E-state index in [2.05, 4.69) is 40.4 Å². The number of tetrazole rings is 1. The smallest absolute Gasteiger partial charge is 0.209 e. The predicted molar refractivity (Wildman–Crippen MR) is 139 cm³/mol.